The monoisotopic (exact) mass is 371 g/mol. The van der Waals surface area contributed by atoms with Crippen molar-refractivity contribution in [2.45, 2.75) is 46.3 Å². The number of nitrogens with zero attached hydrogens (tertiary/aromatic N) is 3. The van der Waals surface area contributed by atoms with Crippen LogP contribution in [0.3, 0.4) is 0 Å². The van der Waals surface area contributed by atoms with E-state index in [0.717, 1.165) is 10.6 Å². The van der Waals surface area contributed by atoms with Crippen molar-refractivity contribution in [3.8, 4) is 0 Å². The number of hydrogen-bond donors (Lipinski definition) is 0. The maximum absolute atomic E-state index is 13.2. The van der Waals surface area contributed by atoms with Crippen molar-refractivity contribution in [3.63, 3.8) is 0 Å². The number of thiophene rings is 1. The van der Waals surface area contributed by atoms with Gasteiger partial charge in [-0.3, -0.25) is 14.6 Å². The molecule has 6 heteroatoms. The molecule has 2 aromatic rings. The predicted molar refractivity (Wildman–Crippen MR) is 103 cm³/mol. The molecule has 5 nitrogen and oxygen atoms in total. The molecule has 1 aliphatic rings. The smallest absolute Gasteiger partial charge is 0.228 e. The van der Waals surface area contributed by atoms with Crippen LogP contribution in [-0.2, 0) is 22.7 Å². The Balaban J connectivity index is 1.78. The number of pyridine rings is 1. The minimum absolute atomic E-state index is 0.0400. The van der Waals surface area contributed by atoms with Crippen LogP contribution in [0, 0.1) is 12.8 Å². The third-order valence-corrected chi connectivity index (χ3v) is 5.65. The van der Waals surface area contributed by atoms with Gasteiger partial charge in [-0.25, -0.2) is 0 Å². The van der Waals surface area contributed by atoms with Gasteiger partial charge in [0.1, 0.15) is 0 Å². The Kier molecular flexibility index (Phi) is 5.71. The summed E-state index contributed by atoms with van der Waals surface area (Å²) in [5.41, 5.74) is 0.860. The number of rotatable bonds is 6. The average Bonchev–Trinajstić information content (AvgIpc) is 3.20. The molecule has 0 bridgehead atoms. The Hall–Kier alpha value is -2.21. The van der Waals surface area contributed by atoms with Gasteiger partial charge in [-0.1, -0.05) is 6.07 Å². The van der Waals surface area contributed by atoms with E-state index in [2.05, 4.69) is 24.0 Å². The summed E-state index contributed by atoms with van der Waals surface area (Å²) in [4.78, 5) is 35.8. The van der Waals surface area contributed by atoms with Crippen molar-refractivity contribution >= 4 is 23.2 Å². The highest BCUT2D eigenvalue weighted by atomic mass is 32.1. The summed E-state index contributed by atoms with van der Waals surface area (Å²) in [6.45, 7) is 7.58. The molecule has 2 amide bonds. The van der Waals surface area contributed by atoms with E-state index in [-0.39, 0.29) is 23.8 Å². The van der Waals surface area contributed by atoms with Gasteiger partial charge in [0.2, 0.25) is 11.8 Å². The van der Waals surface area contributed by atoms with Crippen molar-refractivity contribution in [1.82, 2.24) is 14.8 Å². The normalized spacial score (nSPS) is 17.2. The Bertz CT molecular complexity index is 772. The number of carbonyl (C=O) groups excluding carboxylic acids is 2. The molecule has 0 aromatic carbocycles. The largest absolute Gasteiger partial charge is 0.339 e. The molecule has 1 saturated heterocycles. The minimum Gasteiger partial charge on any atom is -0.339 e. The van der Waals surface area contributed by atoms with Crippen LogP contribution in [0.1, 0.15) is 35.7 Å². The molecule has 1 fully saturated rings. The molecule has 1 aliphatic heterocycles. The molecular weight excluding hydrogens is 346 g/mol. The molecule has 1 atom stereocenters. The number of aryl methyl sites for hydroxylation is 1. The summed E-state index contributed by atoms with van der Waals surface area (Å²) >= 11 is 1.70. The zero-order chi connectivity index (χ0) is 18.7. The van der Waals surface area contributed by atoms with Crippen LogP contribution in [0.4, 0.5) is 0 Å². The fraction of sp³-hybridized carbons (Fsp3) is 0.450. The van der Waals surface area contributed by atoms with Crippen LogP contribution in [0.5, 0.6) is 0 Å². The van der Waals surface area contributed by atoms with Gasteiger partial charge in [-0.2, -0.15) is 0 Å². The summed E-state index contributed by atoms with van der Waals surface area (Å²) in [5, 5.41) is 0. The summed E-state index contributed by atoms with van der Waals surface area (Å²) < 4.78 is 0. The third kappa shape index (κ3) is 4.30. The van der Waals surface area contributed by atoms with Gasteiger partial charge in [0.15, 0.2) is 0 Å². The minimum atomic E-state index is -0.269. The van der Waals surface area contributed by atoms with Crippen LogP contribution in [0.15, 0.2) is 36.5 Å². The molecule has 3 heterocycles. The maximum atomic E-state index is 13.2. The zero-order valence-electron chi connectivity index (χ0n) is 15.5. The summed E-state index contributed by atoms with van der Waals surface area (Å²) in [7, 11) is 0. The molecule has 138 valence electrons. The lowest BCUT2D eigenvalue weighted by Gasteiger charge is -2.26. The van der Waals surface area contributed by atoms with E-state index in [1.807, 2.05) is 36.9 Å². The van der Waals surface area contributed by atoms with Crippen LogP contribution in [-0.4, -0.2) is 39.2 Å². The van der Waals surface area contributed by atoms with Crippen LogP contribution in [0.2, 0.25) is 0 Å². The van der Waals surface area contributed by atoms with Gasteiger partial charge in [0.05, 0.1) is 24.7 Å². The van der Waals surface area contributed by atoms with E-state index in [0.29, 0.717) is 26.1 Å². The number of likely N-dealkylation sites (tertiary alicyclic amines) is 1. The zero-order valence-corrected chi connectivity index (χ0v) is 16.3. The predicted octanol–water partition coefficient (Wildman–Crippen LogP) is 3.24. The molecule has 3 rings (SSSR count). The molecule has 0 spiro atoms. The van der Waals surface area contributed by atoms with E-state index in [9.17, 15) is 9.59 Å². The van der Waals surface area contributed by atoms with Gasteiger partial charge in [0, 0.05) is 35.0 Å². The van der Waals surface area contributed by atoms with E-state index in [4.69, 9.17) is 0 Å². The summed E-state index contributed by atoms with van der Waals surface area (Å²) in [6.07, 6.45) is 2.05. The highest BCUT2D eigenvalue weighted by molar-refractivity contribution is 7.11. The number of aromatic nitrogens is 1. The van der Waals surface area contributed by atoms with E-state index >= 15 is 0 Å². The number of hydrogen-bond acceptors (Lipinski definition) is 4. The van der Waals surface area contributed by atoms with Crippen LogP contribution in [0.25, 0.3) is 0 Å². The molecule has 0 N–H and O–H groups in total. The Morgan fingerprint density at radius 2 is 2.12 bits per heavy atom. The van der Waals surface area contributed by atoms with Gasteiger partial charge >= 0.3 is 0 Å². The van der Waals surface area contributed by atoms with Crippen molar-refractivity contribution in [1.29, 1.82) is 0 Å². The fourth-order valence-electron chi connectivity index (χ4n) is 3.31. The highest BCUT2D eigenvalue weighted by Gasteiger charge is 2.37. The number of amides is 2. The lowest BCUT2D eigenvalue weighted by Crippen LogP contribution is -2.38. The first-order chi connectivity index (χ1) is 12.4. The molecule has 0 radical (unpaired) electrons. The quantitative estimate of drug-likeness (QED) is 0.783. The van der Waals surface area contributed by atoms with Crippen molar-refractivity contribution < 1.29 is 9.59 Å². The molecule has 0 unspecified atom stereocenters. The summed E-state index contributed by atoms with van der Waals surface area (Å²) in [6, 6.07) is 10.0. The summed E-state index contributed by atoms with van der Waals surface area (Å²) in [5.74, 6) is -0.156. The Labute approximate surface area is 158 Å². The second-order valence-corrected chi connectivity index (χ2v) is 8.44. The highest BCUT2D eigenvalue weighted by Crippen LogP contribution is 2.25. The Morgan fingerprint density at radius 3 is 2.69 bits per heavy atom. The van der Waals surface area contributed by atoms with E-state index in [1.165, 1.54) is 4.88 Å². The Morgan fingerprint density at radius 1 is 1.31 bits per heavy atom. The van der Waals surface area contributed by atoms with Crippen molar-refractivity contribution in [2.24, 2.45) is 5.92 Å². The molecular formula is C20H25N3O2S. The average molecular weight is 372 g/mol. The van der Waals surface area contributed by atoms with Gasteiger partial charge in [-0.15, -0.1) is 11.3 Å². The van der Waals surface area contributed by atoms with E-state index in [1.54, 1.807) is 22.4 Å². The van der Waals surface area contributed by atoms with Gasteiger partial charge < -0.3 is 9.80 Å². The van der Waals surface area contributed by atoms with Gasteiger partial charge in [0.25, 0.3) is 0 Å². The van der Waals surface area contributed by atoms with Crippen molar-refractivity contribution in [2.75, 3.05) is 6.54 Å². The molecule has 0 aliphatic carbocycles. The first-order valence-corrected chi connectivity index (χ1v) is 9.79. The topological polar surface area (TPSA) is 53.5 Å². The van der Waals surface area contributed by atoms with Crippen LogP contribution >= 0.6 is 11.3 Å². The van der Waals surface area contributed by atoms with Gasteiger partial charge in [-0.05, 0) is 45.0 Å². The SMILES string of the molecule is Cc1ccc(CN(Cc2ccccn2)C(=O)[C@H]2CC(=O)N(C(C)C)C2)s1. The maximum Gasteiger partial charge on any atom is 0.228 e. The molecule has 2 aromatic heterocycles. The van der Waals surface area contributed by atoms with Crippen LogP contribution < -0.4 is 0 Å². The van der Waals surface area contributed by atoms with E-state index < -0.39 is 0 Å². The fourth-order valence-corrected chi connectivity index (χ4v) is 4.22. The number of carbonyl (C=O) groups is 2. The molecule has 26 heavy (non-hydrogen) atoms. The second kappa shape index (κ2) is 7.99. The molecule has 0 saturated carbocycles. The lowest BCUT2D eigenvalue weighted by atomic mass is 10.1. The lowest BCUT2D eigenvalue weighted by molar-refractivity contribution is -0.137. The standard InChI is InChI=1S/C20H25N3O2S/c1-14(2)23-11-16(10-19(23)24)20(25)22(12-17-6-4-5-9-21-17)13-18-8-7-15(3)26-18/h4-9,14,16H,10-13H2,1-3H3/t16-/m0/s1. The third-order valence-electron chi connectivity index (χ3n) is 4.66. The second-order valence-electron chi connectivity index (χ2n) is 7.07. The first-order valence-electron chi connectivity index (χ1n) is 8.97. The first kappa shape index (κ1) is 18.6. The van der Waals surface area contributed by atoms with Crippen molar-refractivity contribution in [3.05, 3.63) is 52.0 Å².